The van der Waals surface area contributed by atoms with Gasteiger partial charge in [0.15, 0.2) is 9.84 Å². The van der Waals surface area contributed by atoms with Crippen molar-refractivity contribution in [3.05, 3.63) is 50.1 Å². The molecule has 0 aliphatic carbocycles. The lowest BCUT2D eigenvalue weighted by molar-refractivity contribution is -0.123. The monoisotopic (exact) mass is 449 g/mol. The van der Waals surface area contributed by atoms with E-state index < -0.39 is 20.5 Å². The molecule has 1 N–H and O–H groups in total. The fourth-order valence-electron chi connectivity index (χ4n) is 2.03. The molecule has 0 saturated carbocycles. The lowest BCUT2D eigenvalue weighted by atomic mass is 10.1. The first-order chi connectivity index (χ1) is 11.1. The Kier molecular flexibility index (Phi) is 5.79. The van der Waals surface area contributed by atoms with Crippen LogP contribution in [0.25, 0.3) is 0 Å². The van der Waals surface area contributed by atoms with Gasteiger partial charge in [0.25, 0.3) is 0 Å². The summed E-state index contributed by atoms with van der Waals surface area (Å²) in [7, 11) is -3.83. The minimum Gasteiger partial charge on any atom is -0.347 e. The summed E-state index contributed by atoms with van der Waals surface area (Å²) < 4.78 is 25.5. The quantitative estimate of drug-likeness (QED) is 0.724. The Morgan fingerprint density at radius 3 is 2.29 bits per heavy atom. The zero-order valence-electron chi connectivity index (χ0n) is 13.3. The second kappa shape index (κ2) is 7.15. The molecule has 1 aromatic heterocycles. The van der Waals surface area contributed by atoms with E-state index in [-0.39, 0.29) is 10.9 Å². The predicted octanol–water partition coefficient (Wildman–Crippen LogP) is 4.59. The normalized spacial score (nSPS) is 13.5. The third kappa shape index (κ3) is 3.85. The van der Waals surface area contributed by atoms with Gasteiger partial charge in [-0.25, -0.2) is 8.42 Å². The maximum absolute atomic E-state index is 12.8. The van der Waals surface area contributed by atoms with Crippen LogP contribution in [0.2, 0.25) is 4.34 Å². The molecule has 1 heterocycles. The van der Waals surface area contributed by atoms with E-state index in [1.807, 2.05) is 6.07 Å². The van der Waals surface area contributed by atoms with Gasteiger partial charge in [0.2, 0.25) is 5.91 Å². The van der Waals surface area contributed by atoms with E-state index in [1.54, 1.807) is 25.1 Å². The van der Waals surface area contributed by atoms with E-state index in [4.69, 9.17) is 11.6 Å². The SMILES string of the molecule is CC(NC(=O)C(C)(C)S(=O)(=O)c1ccc(Br)cc1)c1ccc(Cl)s1. The van der Waals surface area contributed by atoms with Crippen molar-refractivity contribution in [3.8, 4) is 0 Å². The maximum Gasteiger partial charge on any atom is 0.241 e. The van der Waals surface area contributed by atoms with Gasteiger partial charge >= 0.3 is 0 Å². The lowest BCUT2D eigenvalue weighted by Crippen LogP contribution is -2.48. The van der Waals surface area contributed by atoms with Gasteiger partial charge in [0.05, 0.1) is 15.3 Å². The van der Waals surface area contributed by atoms with E-state index in [0.717, 1.165) is 9.35 Å². The molecular formula is C16H17BrClNO3S2. The molecule has 24 heavy (non-hydrogen) atoms. The topological polar surface area (TPSA) is 63.2 Å². The summed E-state index contributed by atoms with van der Waals surface area (Å²) in [5, 5.41) is 2.76. The van der Waals surface area contributed by atoms with E-state index in [1.165, 1.54) is 37.3 Å². The number of sulfone groups is 1. The average molecular weight is 451 g/mol. The highest BCUT2D eigenvalue weighted by Gasteiger charge is 2.43. The van der Waals surface area contributed by atoms with Gasteiger partial charge in [0, 0.05) is 9.35 Å². The van der Waals surface area contributed by atoms with Gasteiger partial charge in [-0.3, -0.25) is 4.79 Å². The van der Waals surface area contributed by atoms with Crippen molar-refractivity contribution in [1.82, 2.24) is 5.32 Å². The molecule has 1 amide bonds. The number of benzene rings is 1. The zero-order valence-corrected chi connectivity index (χ0v) is 17.3. The van der Waals surface area contributed by atoms with Crippen LogP contribution in [-0.2, 0) is 14.6 Å². The summed E-state index contributed by atoms with van der Waals surface area (Å²) >= 11 is 10.5. The molecule has 1 atom stereocenters. The van der Waals surface area contributed by atoms with Crippen LogP contribution in [0.3, 0.4) is 0 Å². The molecule has 0 aliphatic heterocycles. The molecular weight excluding hydrogens is 434 g/mol. The first-order valence-corrected chi connectivity index (χ1v) is 10.6. The first-order valence-electron chi connectivity index (χ1n) is 7.12. The molecule has 0 saturated heterocycles. The Bertz CT molecular complexity index is 844. The van der Waals surface area contributed by atoms with Crippen molar-refractivity contribution in [1.29, 1.82) is 0 Å². The Hall–Kier alpha value is -0.890. The van der Waals surface area contributed by atoms with Crippen LogP contribution in [0, 0.1) is 0 Å². The minimum absolute atomic E-state index is 0.109. The van der Waals surface area contributed by atoms with E-state index in [9.17, 15) is 13.2 Å². The van der Waals surface area contributed by atoms with Gasteiger partial charge in [0.1, 0.15) is 4.75 Å². The zero-order chi connectivity index (χ0) is 18.1. The summed E-state index contributed by atoms with van der Waals surface area (Å²) in [5.41, 5.74) is 0. The Morgan fingerprint density at radius 2 is 1.79 bits per heavy atom. The average Bonchev–Trinajstić information content (AvgIpc) is 2.94. The van der Waals surface area contributed by atoms with Crippen LogP contribution in [0.1, 0.15) is 31.7 Å². The number of hydrogen-bond acceptors (Lipinski definition) is 4. The van der Waals surface area contributed by atoms with Crippen molar-refractivity contribution < 1.29 is 13.2 Å². The Balaban J connectivity index is 2.24. The van der Waals surface area contributed by atoms with Gasteiger partial charge in [-0.05, 0) is 57.2 Å². The van der Waals surface area contributed by atoms with Crippen LogP contribution in [0.15, 0.2) is 45.8 Å². The number of carbonyl (C=O) groups excluding carboxylic acids is 1. The number of rotatable bonds is 5. The lowest BCUT2D eigenvalue weighted by Gasteiger charge is -2.26. The minimum atomic E-state index is -3.83. The third-order valence-electron chi connectivity index (χ3n) is 3.71. The molecule has 0 bridgehead atoms. The van der Waals surface area contributed by atoms with Crippen molar-refractivity contribution >= 4 is 54.6 Å². The maximum atomic E-state index is 12.8. The standard InChI is InChI=1S/C16H17BrClNO3S2/c1-10(13-8-9-14(18)23-13)19-15(20)16(2,3)24(21,22)12-6-4-11(17)5-7-12/h4-10H,1-3H3,(H,19,20). The second-order valence-electron chi connectivity index (χ2n) is 5.80. The summed E-state index contributed by atoms with van der Waals surface area (Å²) in [6.45, 7) is 4.62. The van der Waals surface area contributed by atoms with Crippen LogP contribution in [0.5, 0.6) is 0 Å². The van der Waals surface area contributed by atoms with Crippen LogP contribution in [-0.4, -0.2) is 19.1 Å². The highest BCUT2D eigenvalue weighted by Crippen LogP contribution is 2.30. The van der Waals surface area contributed by atoms with Crippen molar-refractivity contribution in [2.75, 3.05) is 0 Å². The van der Waals surface area contributed by atoms with E-state index in [0.29, 0.717) is 4.34 Å². The van der Waals surface area contributed by atoms with Gasteiger partial charge in [-0.2, -0.15) is 0 Å². The summed E-state index contributed by atoms with van der Waals surface area (Å²) in [5.74, 6) is -0.553. The Morgan fingerprint density at radius 1 is 1.21 bits per heavy atom. The molecule has 8 heteroatoms. The molecule has 2 aromatic rings. The molecule has 0 fully saturated rings. The molecule has 2 rings (SSSR count). The van der Waals surface area contributed by atoms with Crippen LogP contribution >= 0.6 is 38.9 Å². The number of thiophene rings is 1. The van der Waals surface area contributed by atoms with Crippen LogP contribution in [0.4, 0.5) is 0 Å². The highest BCUT2D eigenvalue weighted by atomic mass is 79.9. The summed E-state index contributed by atoms with van der Waals surface area (Å²) in [4.78, 5) is 13.6. The first kappa shape index (κ1) is 19.4. The van der Waals surface area contributed by atoms with Gasteiger partial charge in [-0.1, -0.05) is 27.5 Å². The number of hydrogen-bond donors (Lipinski definition) is 1. The molecule has 0 radical (unpaired) electrons. The molecule has 1 unspecified atom stereocenters. The van der Waals surface area contributed by atoms with Gasteiger partial charge < -0.3 is 5.32 Å². The molecule has 0 spiro atoms. The number of nitrogens with one attached hydrogen (secondary N) is 1. The Labute approximate surface area is 159 Å². The second-order valence-corrected chi connectivity index (χ2v) is 11.0. The highest BCUT2D eigenvalue weighted by molar-refractivity contribution is 9.10. The fourth-order valence-corrected chi connectivity index (χ4v) is 4.75. The molecule has 130 valence electrons. The molecule has 1 aromatic carbocycles. The molecule has 0 aliphatic rings. The largest absolute Gasteiger partial charge is 0.347 e. The van der Waals surface area contributed by atoms with Crippen molar-refractivity contribution in [2.24, 2.45) is 0 Å². The van der Waals surface area contributed by atoms with E-state index in [2.05, 4.69) is 21.2 Å². The van der Waals surface area contributed by atoms with Crippen molar-refractivity contribution in [3.63, 3.8) is 0 Å². The molecule has 4 nitrogen and oxygen atoms in total. The number of carbonyl (C=O) groups is 1. The van der Waals surface area contributed by atoms with E-state index >= 15 is 0 Å². The number of halogens is 2. The predicted molar refractivity (Wildman–Crippen MR) is 101 cm³/mol. The van der Waals surface area contributed by atoms with Gasteiger partial charge in [-0.15, -0.1) is 11.3 Å². The number of amides is 1. The fraction of sp³-hybridized carbons (Fsp3) is 0.312. The third-order valence-corrected chi connectivity index (χ3v) is 8.08. The smallest absolute Gasteiger partial charge is 0.241 e. The summed E-state index contributed by atoms with van der Waals surface area (Å²) in [6, 6.07) is 9.47. The summed E-state index contributed by atoms with van der Waals surface area (Å²) in [6.07, 6.45) is 0. The van der Waals surface area contributed by atoms with Crippen LogP contribution < -0.4 is 5.32 Å². The van der Waals surface area contributed by atoms with Crippen molar-refractivity contribution in [2.45, 2.75) is 36.5 Å².